The van der Waals surface area contributed by atoms with Crippen molar-refractivity contribution in [2.45, 2.75) is 76.5 Å². The van der Waals surface area contributed by atoms with Crippen molar-refractivity contribution >= 4 is 34.3 Å². The van der Waals surface area contributed by atoms with Gasteiger partial charge in [-0.05, 0) is 32.8 Å². The first kappa shape index (κ1) is 23.9. The number of hydrogen-bond donors (Lipinski definition) is 3. The summed E-state index contributed by atoms with van der Waals surface area (Å²) >= 11 is 6.24. The molecule has 1 aliphatic heterocycles. The number of hydrogen-bond acceptors (Lipinski definition) is 3. The van der Waals surface area contributed by atoms with Gasteiger partial charge in [0.2, 0.25) is 0 Å². The van der Waals surface area contributed by atoms with E-state index in [4.69, 9.17) is 16.3 Å². The van der Waals surface area contributed by atoms with Gasteiger partial charge in [-0.25, -0.2) is 13.6 Å². The number of ether oxygens (including phenoxy) is 1. The molecule has 35 heavy (non-hydrogen) atoms. The van der Waals surface area contributed by atoms with Crippen molar-refractivity contribution in [2.75, 3.05) is 5.32 Å². The number of nitrogens with one attached hydrogen (secondary N) is 3. The van der Waals surface area contributed by atoms with E-state index in [1.165, 1.54) is 12.5 Å². The molecule has 1 fully saturated rings. The zero-order chi connectivity index (χ0) is 24.9. The largest absolute Gasteiger partial charge is 0.443 e. The maximum absolute atomic E-state index is 16.1. The van der Waals surface area contributed by atoms with E-state index in [1.807, 2.05) is 20.8 Å². The Kier molecular flexibility index (Phi) is 6.16. The summed E-state index contributed by atoms with van der Waals surface area (Å²) in [6.45, 7) is 5.56. The van der Waals surface area contributed by atoms with Gasteiger partial charge in [-0.1, -0.05) is 56.0 Å². The Bertz CT molecular complexity index is 1280. The number of halogens is 3. The van der Waals surface area contributed by atoms with E-state index in [9.17, 15) is 4.79 Å². The number of para-hydroxylation sites is 1. The fraction of sp³-hybridized carbons (Fsp3) is 0.444. The van der Waals surface area contributed by atoms with Crippen LogP contribution in [0.5, 0.6) is 0 Å². The van der Waals surface area contributed by atoms with Gasteiger partial charge in [0.05, 0.1) is 21.6 Å². The molecule has 2 heterocycles. The highest BCUT2D eigenvalue weighted by atomic mass is 35.5. The molecule has 5 rings (SSSR count). The molecule has 5 nitrogen and oxygen atoms in total. The van der Waals surface area contributed by atoms with Crippen molar-refractivity contribution in [3.05, 3.63) is 52.7 Å². The third kappa shape index (κ3) is 4.24. The third-order valence-corrected chi connectivity index (χ3v) is 7.74. The van der Waals surface area contributed by atoms with E-state index >= 15 is 8.78 Å². The minimum atomic E-state index is -0.732. The Morgan fingerprint density at radius 3 is 2.69 bits per heavy atom. The zero-order valence-electron chi connectivity index (χ0n) is 20.1. The van der Waals surface area contributed by atoms with Gasteiger partial charge < -0.3 is 20.4 Å². The molecule has 8 heteroatoms. The number of alkyl carbamates (subject to hydrolysis) is 1. The SMILES string of the molecule is CC1c2c(cc(F)c(-c3cccc4c(Cl)c[nH]c34)c2F)NC(C)(C)C1OC(=O)NC1CCCCC1. The van der Waals surface area contributed by atoms with Crippen LogP contribution < -0.4 is 10.6 Å². The molecule has 186 valence electrons. The second-order valence-corrected chi connectivity index (χ2v) is 10.7. The van der Waals surface area contributed by atoms with Gasteiger partial charge in [0.1, 0.15) is 17.7 Å². The van der Waals surface area contributed by atoms with Gasteiger partial charge in [0.15, 0.2) is 0 Å². The van der Waals surface area contributed by atoms with Crippen molar-refractivity contribution in [3.8, 4) is 11.1 Å². The lowest BCUT2D eigenvalue weighted by Crippen LogP contribution is -2.53. The fourth-order valence-corrected chi connectivity index (χ4v) is 5.98. The Morgan fingerprint density at radius 2 is 1.94 bits per heavy atom. The Labute approximate surface area is 208 Å². The molecule has 1 aromatic heterocycles. The number of aromatic amines is 1. The van der Waals surface area contributed by atoms with E-state index in [0.717, 1.165) is 25.7 Å². The van der Waals surface area contributed by atoms with Crippen LogP contribution in [0.4, 0.5) is 19.3 Å². The van der Waals surface area contributed by atoms with Crippen molar-refractivity contribution < 1.29 is 18.3 Å². The van der Waals surface area contributed by atoms with Crippen LogP contribution in [0.2, 0.25) is 5.02 Å². The summed E-state index contributed by atoms with van der Waals surface area (Å²) in [7, 11) is 0. The lowest BCUT2D eigenvalue weighted by atomic mass is 9.77. The summed E-state index contributed by atoms with van der Waals surface area (Å²) in [5.41, 5.74) is 0.746. The number of carbonyl (C=O) groups is 1. The molecule has 1 amide bonds. The van der Waals surface area contributed by atoms with Gasteiger partial charge in [-0.3, -0.25) is 0 Å². The highest BCUT2D eigenvalue weighted by Crippen LogP contribution is 2.46. The predicted octanol–water partition coefficient (Wildman–Crippen LogP) is 7.50. The average molecular weight is 502 g/mol. The Hall–Kier alpha value is -2.80. The fourth-order valence-electron chi connectivity index (χ4n) is 5.77. The minimum absolute atomic E-state index is 0.101. The maximum Gasteiger partial charge on any atom is 0.407 e. The second kappa shape index (κ2) is 9.01. The van der Waals surface area contributed by atoms with Gasteiger partial charge in [-0.2, -0.15) is 0 Å². The molecule has 3 aromatic rings. The number of H-pyrrole nitrogens is 1. The molecule has 2 aliphatic rings. The van der Waals surface area contributed by atoms with Crippen LogP contribution in [0.1, 0.15) is 64.4 Å². The maximum atomic E-state index is 16.1. The van der Waals surface area contributed by atoms with Crippen LogP contribution in [0.15, 0.2) is 30.5 Å². The summed E-state index contributed by atoms with van der Waals surface area (Å²) in [6, 6.07) is 6.62. The number of aromatic nitrogens is 1. The third-order valence-electron chi connectivity index (χ3n) is 7.43. The first-order valence-corrected chi connectivity index (χ1v) is 12.6. The van der Waals surface area contributed by atoms with E-state index in [-0.39, 0.29) is 11.6 Å². The van der Waals surface area contributed by atoms with Crippen molar-refractivity contribution in [3.63, 3.8) is 0 Å². The van der Waals surface area contributed by atoms with Crippen molar-refractivity contribution in [1.82, 2.24) is 10.3 Å². The quantitative estimate of drug-likeness (QED) is 0.348. The predicted molar refractivity (Wildman–Crippen MR) is 135 cm³/mol. The summed E-state index contributed by atoms with van der Waals surface area (Å²) in [4.78, 5) is 15.8. The van der Waals surface area contributed by atoms with Gasteiger partial charge >= 0.3 is 6.09 Å². The number of anilines is 1. The van der Waals surface area contributed by atoms with E-state index in [0.29, 0.717) is 32.7 Å². The molecular formula is C27H30ClF2N3O2. The molecule has 1 aliphatic carbocycles. The highest BCUT2D eigenvalue weighted by Gasteiger charge is 2.45. The number of carbonyl (C=O) groups excluding carboxylic acids is 1. The molecule has 2 atom stereocenters. The molecule has 2 unspecified atom stereocenters. The van der Waals surface area contributed by atoms with E-state index in [2.05, 4.69) is 15.6 Å². The summed E-state index contributed by atoms with van der Waals surface area (Å²) in [5.74, 6) is -1.86. The lowest BCUT2D eigenvalue weighted by Gasteiger charge is -2.44. The van der Waals surface area contributed by atoms with E-state index < -0.39 is 35.3 Å². The van der Waals surface area contributed by atoms with Crippen LogP contribution in [-0.4, -0.2) is 28.8 Å². The summed E-state index contributed by atoms with van der Waals surface area (Å²) in [5, 5.41) is 7.36. The smallest absolute Gasteiger partial charge is 0.407 e. The minimum Gasteiger partial charge on any atom is -0.443 e. The molecule has 2 aromatic carbocycles. The molecular weight excluding hydrogens is 472 g/mol. The number of benzene rings is 2. The van der Waals surface area contributed by atoms with Crippen molar-refractivity contribution in [2.24, 2.45) is 0 Å². The van der Waals surface area contributed by atoms with Crippen LogP contribution in [0.3, 0.4) is 0 Å². The standard InChI is InChI=1S/C27H30ClF2N3O2/c1-14-21-20(33-27(2,3)25(14)35-26(34)32-15-8-5-4-6-9-15)12-19(29)22(23(21)30)17-11-7-10-16-18(28)13-31-24(16)17/h7,10-15,25,31,33H,4-6,8-9H2,1-3H3,(H,32,34). The highest BCUT2D eigenvalue weighted by molar-refractivity contribution is 6.36. The van der Waals surface area contributed by atoms with Gasteiger partial charge in [0, 0.05) is 40.4 Å². The van der Waals surface area contributed by atoms with Gasteiger partial charge in [-0.15, -0.1) is 0 Å². The zero-order valence-corrected chi connectivity index (χ0v) is 20.9. The molecule has 1 saturated carbocycles. The first-order chi connectivity index (χ1) is 16.7. The second-order valence-electron chi connectivity index (χ2n) is 10.3. The first-order valence-electron chi connectivity index (χ1n) is 12.2. The monoisotopic (exact) mass is 501 g/mol. The van der Waals surface area contributed by atoms with Gasteiger partial charge in [0.25, 0.3) is 0 Å². The molecule has 0 bridgehead atoms. The molecule has 0 saturated heterocycles. The van der Waals surface area contributed by atoms with Crippen LogP contribution in [0.25, 0.3) is 22.0 Å². The van der Waals surface area contributed by atoms with E-state index in [1.54, 1.807) is 24.4 Å². The molecule has 0 spiro atoms. The Balaban J connectivity index is 1.51. The summed E-state index contributed by atoms with van der Waals surface area (Å²) in [6.07, 6.45) is 5.67. The average Bonchev–Trinajstić information content (AvgIpc) is 3.18. The molecule has 0 radical (unpaired) electrons. The van der Waals surface area contributed by atoms with Crippen LogP contribution in [-0.2, 0) is 4.74 Å². The lowest BCUT2D eigenvalue weighted by molar-refractivity contribution is 0.0438. The summed E-state index contributed by atoms with van der Waals surface area (Å²) < 4.78 is 37.4. The Morgan fingerprint density at radius 1 is 1.20 bits per heavy atom. The van der Waals surface area contributed by atoms with Crippen LogP contribution in [0, 0.1) is 11.6 Å². The van der Waals surface area contributed by atoms with Crippen molar-refractivity contribution in [1.29, 1.82) is 0 Å². The number of amides is 1. The normalized spacial score (nSPS) is 21.9. The number of rotatable bonds is 3. The van der Waals surface area contributed by atoms with Crippen LogP contribution >= 0.6 is 11.6 Å². The topological polar surface area (TPSA) is 66.1 Å². The molecule has 3 N–H and O–H groups in total. The number of fused-ring (bicyclic) bond motifs is 2.